The molecule has 0 bridgehead atoms. The van der Waals surface area contributed by atoms with Gasteiger partial charge >= 0.3 is 0 Å². The summed E-state index contributed by atoms with van der Waals surface area (Å²) >= 11 is 3.22. The lowest BCUT2D eigenvalue weighted by Crippen LogP contribution is -1.81. The maximum Gasteiger partial charge on any atom is 0.292 e. The van der Waals surface area contributed by atoms with Crippen molar-refractivity contribution in [1.82, 2.24) is 0 Å². The molecule has 1 aromatic rings. The fourth-order valence-corrected chi connectivity index (χ4v) is 0.942. The van der Waals surface area contributed by atoms with E-state index in [9.17, 15) is 0 Å². The van der Waals surface area contributed by atoms with Crippen LogP contribution in [0, 0.1) is 11.5 Å². The molecule has 0 atom stereocenters. The van der Waals surface area contributed by atoms with E-state index in [-0.39, 0.29) is 0 Å². The Morgan fingerprint density at radius 1 is 1.40 bits per heavy atom. The van der Waals surface area contributed by atoms with E-state index in [4.69, 9.17) is 5.26 Å². The van der Waals surface area contributed by atoms with Crippen LogP contribution in [-0.2, 0) is 0 Å². The number of benzene rings is 1. The average molecular weight is 198 g/mol. The van der Waals surface area contributed by atoms with E-state index in [0.29, 0.717) is 5.75 Å². The van der Waals surface area contributed by atoms with E-state index in [2.05, 4.69) is 20.7 Å². The lowest BCUT2D eigenvalue weighted by Gasteiger charge is -1.95. The Morgan fingerprint density at radius 3 is 2.70 bits per heavy atom. The van der Waals surface area contributed by atoms with Gasteiger partial charge < -0.3 is 4.74 Å². The van der Waals surface area contributed by atoms with Crippen molar-refractivity contribution >= 4 is 15.9 Å². The first kappa shape index (κ1) is 7.10. The number of nitrogens with zero attached hydrogens (tertiary/aromatic N) is 1. The molecule has 3 heteroatoms. The van der Waals surface area contributed by atoms with Crippen LogP contribution in [0.3, 0.4) is 0 Å². The summed E-state index contributed by atoms with van der Waals surface area (Å²) in [6.45, 7) is 0. The third-order valence-electron chi connectivity index (χ3n) is 0.992. The minimum Gasteiger partial charge on any atom is -0.387 e. The van der Waals surface area contributed by atoms with Crippen LogP contribution in [0.5, 0.6) is 5.75 Å². The molecule has 0 N–H and O–H groups in total. The molecule has 0 fully saturated rings. The minimum absolute atomic E-state index is 0.546. The van der Waals surface area contributed by atoms with E-state index in [1.165, 1.54) is 0 Å². The second kappa shape index (κ2) is 3.23. The number of hydrogen-bond acceptors (Lipinski definition) is 2. The van der Waals surface area contributed by atoms with Gasteiger partial charge in [-0.3, -0.25) is 0 Å². The molecule has 10 heavy (non-hydrogen) atoms. The van der Waals surface area contributed by atoms with Crippen LogP contribution in [0.4, 0.5) is 0 Å². The molecular weight excluding hydrogens is 194 g/mol. The first-order valence-corrected chi connectivity index (χ1v) is 3.44. The van der Waals surface area contributed by atoms with Crippen molar-refractivity contribution in [3.63, 3.8) is 0 Å². The summed E-state index contributed by atoms with van der Waals surface area (Å²) in [5, 5.41) is 8.15. The van der Waals surface area contributed by atoms with Crippen molar-refractivity contribution in [3.8, 4) is 12.0 Å². The third kappa shape index (κ3) is 1.49. The highest BCUT2D eigenvalue weighted by Gasteiger charge is 1.95. The first-order chi connectivity index (χ1) is 4.84. The maximum absolute atomic E-state index is 8.15. The lowest BCUT2D eigenvalue weighted by atomic mass is 10.3. The van der Waals surface area contributed by atoms with Crippen molar-refractivity contribution in [2.75, 3.05) is 0 Å². The molecule has 0 spiro atoms. The van der Waals surface area contributed by atoms with Gasteiger partial charge in [0.25, 0.3) is 6.26 Å². The van der Waals surface area contributed by atoms with Gasteiger partial charge in [-0.25, -0.2) is 0 Å². The quantitative estimate of drug-likeness (QED) is 0.648. The summed E-state index contributed by atoms with van der Waals surface area (Å²) in [5.41, 5.74) is 0. The van der Waals surface area contributed by atoms with Gasteiger partial charge in [0.15, 0.2) is 5.75 Å². The molecule has 0 unspecified atom stereocenters. The van der Waals surface area contributed by atoms with E-state index >= 15 is 0 Å². The topological polar surface area (TPSA) is 33.0 Å². The fourth-order valence-electron chi connectivity index (χ4n) is 0.577. The second-order valence-corrected chi connectivity index (χ2v) is 2.48. The molecule has 0 aliphatic carbocycles. The molecule has 0 radical (unpaired) electrons. The van der Waals surface area contributed by atoms with Crippen LogP contribution in [0.25, 0.3) is 0 Å². The Kier molecular flexibility index (Phi) is 2.30. The van der Waals surface area contributed by atoms with Gasteiger partial charge in [0, 0.05) is 0 Å². The lowest BCUT2D eigenvalue weighted by molar-refractivity contribution is 0.504. The van der Waals surface area contributed by atoms with Crippen LogP contribution in [0.2, 0.25) is 0 Å². The molecule has 0 amide bonds. The van der Waals surface area contributed by atoms with E-state index in [1.807, 2.05) is 12.1 Å². The predicted octanol–water partition coefficient (Wildman–Crippen LogP) is 2.31. The average Bonchev–Trinajstić information content (AvgIpc) is 1.94. The van der Waals surface area contributed by atoms with Crippen molar-refractivity contribution in [2.45, 2.75) is 0 Å². The smallest absolute Gasteiger partial charge is 0.292 e. The molecule has 1 aromatic carbocycles. The summed E-state index contributed by atoms with van der Waals surface area (Å²) in [6.07, 6.45) is 1.59. The predicted molar refractivity (Wildman–Crippen MR) is 40.4 cm³/mol. The largest absolute Gasteiger partial charge is 0.387 e. The summed E-state index contributed by atoms with van der Waals surface area (Å²) in [7, 11) is 0. The highest BCUT2D eigenvalue weighted by atomic mass is 79.9. The molecule has 1 rings (SSSR count). The number of ether oxygens (including phenoxy) is 1. The van der Waals surface area contributed by atoms with Crippen molar-refractivity contribution in [2.24, 2.45) is 0 Å². The third-order valence-corrected chi connectivity index (χ3v) is 1.65. The van der Waals surface area contributed by atoms with Crippen molar-refractivity contribution in [3.05, 3.63) is 28.7 Å². The van der Waals surface area contributed by atoms with E-state index < -0.39 is 0 Å². The van der Waals surface area contributed by atoms with Gasteiger partial charge in [-0.2, -0.15) is 0 Å². The Labute approximate surface area is 67.2 Å². The number of rotatable bonds is 1. The number of para-hydroxylation sites is 1. The zero-order valence-corrected chi connectivity index (χ0v) is 6.63. The fraction of sp³-hybridized carbons (Fsp3) is 0. The van der Waals surface area contributed by atoms with Crippen molar-refractivity contribution < 1.29 is 4.74 Å². The molecular formula is C7H4BrNO. The normalized spacial score (nSPS) is 8.40. The summed E-state index contributed by atoms with van der Waals surface area (Å²) in [4.78, 5) is 0. The van der Waals surface area contributed by atoms with Gasteiger partial charge in [-0.1, -0.05) is 12.1 Å². The standard InChI is InChI=1S/C7H4BrNO/c8-6-3-1-2-4-7(6)10-5-9/h1-4H. The Morgan fingerprint density at radius 2 is 2.10 bits per heavy atom. The molecule has 0 saturated carbocycles. The zero-order chi connectivity index (χ0) is 7.40. The maximum atomic E-state index is 8.15. The number of hydrogen-bond donors (Lipinski definition) is 0. The minimum atomic E-state index is 0.546. The van der Waals surface area contributed by atoms with E-state index in [0.717, 1.165) is 4.47 Å². The number of halogens is 1. The van der Waals surface area contributed by atoms with Crippen LogP contribution < -0.4 is 4.74 Å². The monoisotopic (exact) mass is 197 g/mol. The van der Waals surface area contributed by atoms with Crippen LogP contribution in [0.1, 0.15) is 0 Å². The van der Waals surface area contributed by atoms with E-state index in [1.54, 1.807) is 18.4 Å². The van der Waals surface area contributed by atoms with Crippen LogP contribution in [0.15, 0.2) is 28.7 Å². The molecule has 2 nitrogen and oxygen atoms in total. The molecule has 0 saturated heterocycles. The van der Waals surface area contributed by atoms with Crippen LogP contribution in [-0.4, -0.2) is 0 Å². The summed E-state index contributed by atoms with van der Waals surface area (Å²) < 4.78 is 5.38. The Balaban J connectivity index is 2.94. The van der Waals surface area contributed by atoms with Gasteiger partial charge in [0.1, 0.15) is 0 Å². The summed E-state index contributed by atoms with van der Waals surface area (Å²) in [5.74, 6) is 0.546. The van der Waals surface area contributed by atoms with Gasteiger partial charge in [0.2, 0.25) is 0 Å². The Hall–Kier alpha value is -1.01. The van der Waals surface area contributed by atoms with Crippen molar-refractivity contribution in [1.29, 1.82) is 5.26 Å². The molecule has 0 aromatic heterocycles. The molecule has 50 valence electrons. The SMILES string of the molecule is N#COc1ccccc1Br. The second-order valence-electron chi connectivity index (χ2n) is 1.62. The van der Waals surface area contributed by atoms with Gasteiger partial charge in [0.05, 0.1) is 4.47 Å². The molecule has 0 aliphatic heterocycles. The first-order valence-electron chi connectivity index (χ1n) is 2.65. The van der Waals surface area contributed by atoms with Gasteiger partial charge in [-0.15, -0.1) is 5.26 Å². The highest BCUT2D eigenvalue weighted by Crippen LogP contribution is 2.22. The molecule has 0 heterocycles. The molecule has 0 aliphatic rings. The highest BCUT2D eigenvalue weighted by molar-refractivity contribution is 9.10. The number of nitriles is 1. The zero-order valence-electron chi connectivity index (χ0n) is 5.04. The summed E-state index contributed by atoms with van der Waals surface area (Å²) in [6, 6.07) is 7.19. The Bertz CT molecular complexity index is 267. The van der Waals surface area contributed by atoms with Crippen LogP contribution >= 0.6 is 15.9 Å². The van der Waals surface area contributed by atoms with Gasteiger partial charge in [-0.05, 0) is 28.1 Å².